The van der Waals surface area contributed by atoms with Crippen LogP contribution in [0, 0.1) is 0 Å². The van der Waals surface area contributed by atoms with Gasteiger partial charge in [0.05, 0.1) is 12.1 Å². The molecule has 0 aromatic heterocycles. The molecule has 0 aliphatic carbocycles. The smallest absolute Gasteiger partial charge is 0.491 e. The number of benzene rings is 1. The standard InChI is InChI=1S/C9H8BF3NO2.K/c11-10(12,13)6-1-2-7-8(5-6)16-4-3-14-9(7)15;/h1-2,5H,3-4H2,(H,14,15);/q-1;+1. The summed E-state index contributed by atoms with van der Waals surface area (Å²) in [4.78, 5) is 11.4. The van der Waals surface area contributed by atoms with Crippen LogP contribution in [0.1, 0.15) is 10.4 Å². The summed E-state index contributed by atoms with van der Waals surface area (Å²) < 4.78 is 42.5. The van der Waals surface area contributed by atoms with Crippen molar-refractivity contribution in [2.24, 2.45) is 0 Å². The number of hydrogen-bond donors (Lipinski definition) is 1. The normalized spacial score (nSPS) is 14.9. The largest absolute Gasteiger partial charge is 1.00 e. The van der Waals surface area contributed by atoms with E-state index in [1.54, 1.807) is 0 Å². The quantitative estimate of drug-likeness (QED) is 0.591. The van der Waals surface area contributed by atoms with Crippen LogP contribution in [0.4, 0.5) is 12.9 Å². The van der Waals surface area contributed by atoms with Crippen LogP contribution in [-0.4, -0.2) is 26.0 Å². The Hall–Kier alpha value is -0.0187. The fourth-order valence-corrected chi connectivity index (χ4v) is 1.47. The minimum atomic E-state index is -5.07. The number of carbonyl (C=O) groups excluding carboxylic acids is 1. The van der Waals surface area contributed by atoms with Crippen molar-refractivity contribution >= 4 is 18.3 Å². The summed E-state index contributed by atoms with van der Waals surface area (Å²) in [5, 5.41) is 2.52. The van der Waals surface area contributed by atoms with Crippen LogP contribution in [0.3, 0.4) is 0 Å². The fraction of sp³-hybridized carbons (Fsp3) is 0.222. The number of amides is 1. The van der Waals surface area contributed by atoms with Crippen molar-refractivity contribution in [1.82, 2.24) is 5.32 Å². The molecule has 0 bridgehead atoms. The van der Waals surface area contributed by atoms with E-state index in [0.717, 1.165) is 18.2 Å². The van der Waals surface area contributed by atoms with Gasteiger partial charge in [-0.3, -0.25) is 4.79 Å². The van der Waals surface area contributed by atoms with Gasteiger partial charge in [0.2, 0.25) is 0 Å². The molecule has 8 heteroatoms. The van der Waals surface area contributed by atoms with E-state index < -0.39 is 18.3 Å². The molecule has 0 saturated carbocycles. The topological polar surface area (TPSA) is 38.3 Å². The average Bonchev–Trinajstić information content (AvgIpc) is 2.39. The van der Waals surface area contributed by atoms with Crippen molar-refractivity contribution in [1.29, 1.82) is 0 Å². The number of hydrogen-bond acceptors (Lipinski definition) is 2. The average molecular weight is 269 g/mol. The van der Waals surface area contributed by atoms with Crippen LogP contribution in [0.2, 0.25) is 0 Å². The van der Waals surface area contributed by atoms with Crippen LogP contribution < -0.4 is 66.9 Å². The molecule has 1 aliphatic heterocycles. The molecule has 0 atom stereocenters. The maximum absolute atomic E-state index is 12.5. The third kappa shape index (κ3) is 3.48. The Morgan fingerprint density at radius 2 is 2.00 bits per heavy atom. The van der Waals surface area contributed by atoms with Crippen LogP contribution >= 0.6 is 0 Å². The van der Waals surface area contributed by atoms with E-state index >= 15 is 0 Å². The van der Waals surface area contributed by atoms with Crippen molar-refractivity contribution in [2.75, 3.05) is 13.2 Å². The molecule has 0 saturated heterocycles. The summed E-state index contributed by atoms with van der Waals surface area (Å²) in [6.45, 7) is -4.60. The number of carbonyl (C=O) groups is 1. The van der Waals surface area contributed by atoms with Gasteiger partial charge in [-0.2, -0.15) is 0 Å². The van der Waals surface area contributed by atoms with Gasteiger partial charge in [-0.1, -0.05) is 6.07 Å². The third-order valence-electron chi connectivity index (χ3n) is 2.27. The minimum Gasteiger partial charge on any atom is -0.491 e. The van der Waals surface area contributed by atoms with Crippen molar-refractivity contribution in [3.05, 3.63) is 23.8 Å². The Morgan fingerprint density at radius 3 is 2.65 bits per heavy atom. The number of nitrogens with one attached hydrogen (secondary N) is 1. The van der Waals surface area contributed by atoms with E-state index in [9.17, 15) is 17.7 Å². The van der Waals surface area contributed by atoms with E-state index in [1.807, 2.05) is 0 Å². The Labute approximate surface area is 139 Å². The zero-order chi connectivity index (χ0) is 11.8. The van der Waals surface area contributed by atoms with Gasteiger partial charge in [-0.15, -0.1) is 5.46 Å². The molecular formula is C9H8BF3KNO2. The van der Waals surface area contributed by atoms with Gasteiger partial charge < -0.3 is 23.0 Å². The molecule has 0 unspecified atom stereocenters. The second-order valence-electron chi connectivity index (χ2n) is 3.43. The summed E-state index contributed by atoms with van der Waals surface area (Å²) in [7, 11) is 0. The number of fused-ring (bicyclic) bond motifs is 1. The number of halogens is 3. The summed E-state index contributed by atoms with van der Waals surface area (Å²) in [5.41, 5.74) is -0.616. The molecule has 2 rings (SSSR count). The van der Waals surface area contributed by atoms with Crippen LogP contribution in [0.25, 0.3) is 0 Å². The molecule has 3 nitrogen and oxygen atoms in total. The first-order valence-electron chi connectivity index (χ1n) is 4.73. The summed E-state index contributed by atoms with van der Waals surface area (Å²) >= 11 is 0. The van der Waals surface area contributed by atoms with Gasteiger partial charge in [-0.25, -0.2) is 0 Å². The molecule has 1 amide bonds. The Balaban J connectivity index is 0.00000144. The van der Waals surface area contributed by atoms with Gasteiger partial charge >= 0.3 is 58.4 Å². The van der Waals surface area contributed by atoms with E-state index in [-0.39, 0.29) is 69.3 Å². The van der Waals surface area contributed by atoms with Gasteiger partial charge in [-0.05, 0) is 12.1 Å². The molecule has 0 radical (unpaired) electrons. The second kappa shape index (κ2) is 5.75. The first-order chi connectivity index (χ1) is 7.48. The first kappa shape index (κ1) is 15.0. The molecular weight excluding hydrogens is 261 g/mol. The molecule has 0 spiro atoms. The molecule has 0 fully saturated rings. The summed E-state index contributed by atoms with van der Waals surface area (Å²) in [6, 6.07) is 2.91. The Kier molecular flexibility index (Phi) is 5.08. The third-order valence-corrected chi connectivity index (χ3v) is 2.27. The molecule has 1 heterocycles. The summed E-state index contributed by atoms with van der Waals surface area (Å²) in [5.74, 6) is -0.416. The van der Waals surface area contributed by atoms with E-state index in [2.05, 4.69) is 5.32 Å². The Morgan fingerprint density at radius 1 is 1.29 bits per heavy atom. The monoisotopic (exact) mass is 269 g/mol. The molecule has 1 N–H and O–H groups in total. The first-order valence-corrected chi connectivity index (χ1v) is 4.73. The molecule has 1 aliphatic rings. The molecule has 17 heavy (non-hydrogen) atoms. The predicted octanol–water partition coefficient (Wildman–Crippen LogP) is -2.13. The molecule has 1 aromatic carbocycles. The molecule has 86 valence electrons. The van der Waals surface area contributed by atoms with Crippen molar-refractivity contribution in [3.8, 4) is 5.75 Å². The van der Waals surface area contributed by atoms with E-state index in [1.165, 1.54) is 0 Å². The fourth-order valence-electron chi connectivity index (χ4n) is 1.47. The zero-order valence-electron chi connectivity index (χ0n) is 9.17. The maximum Gasteiger partial charge on any atom is 1.00 e. The zero-order valence-corrected chi connectivity index (χ0v) is 12.3. The SMILES string of the molecule is O=C1NCCOc2cc([B-](F)(F)F)ccc21.[K+]. The predicted molar refractivity (Wildman–Crippen MR) is 53.0 cm³/mol. The Bertz CT molecular complexity index is 439. The van der Waals surface area contributed by atoms with Crippen LogP contribution in [0.5, 0.6) is 5.75 Å². The number of rotatable bonds is 1. The van der Waals surface area contributed by atoms with Crippen molar-refractivity contribution < 1.29 is 73.9 Å². The second-order valence-corrected chi connectivity index (χ2v) is 3.43. The van der Waals surface area contributed by atoms with Crippen molar-refractivity contribution in [3.63, 3.8) is 0 Å². The van der Waals surface area contributed by atoms with Crippen LogP contribution in [-0.2, 0) is 0 Å². The van der Waals surface area contributed by atoms with Gasteiger partial charge in [0.15, 0.2) is 0 Å². The minimum absolute atomic E-state index is 0. The van der Waals surface area contributed by atoms with Gasteiger partial charge in [0, 0.05) is 0 Å². The van der Waals surface area contributed by atoms with E-state index in [4.69, 9.17) is 4.74 Å². The van der Waals surface area contributed by atoms with Crippen molar-refractivity contribution in [2.45, 2.75) is 0 Å². The van der Waals surface area contributed by atoms with E-state index in [0.29, 0.717) is 6.54 Å². The maximum atomic E-state index is 12.5. The van der Waals surface area contributed by atoms with Gasteiger partial charge in [0.1, 0.15) is 12.4 Å². The van der Waals surface area contributed by atoms with Gasteiger partial charge in [0.25, 0.3) is 5.91 Å². The molecule has 1 aromatic rings. The number of ether oxygens (including phenoxy) is 1. The summed E-state index contributed by atoms with van der Waals surface area (Å²) in [6.07, 6.45) is 0. The van der Waals surface area contributed by atoms with Crippen LogP contribution in [0.15, 0.2) is 18.2 Å².